The lowest BCUT2D eigenvalue weighted by atomic mass is 10.2. The highest BCUT2D eigenvalue weighted by molar-refractivity contribution is 5.56. The first-order chi connectivity index (χ1) is 12.7. The van der Waals surface area contributed by atoms with Crippen LogP contribution in [0, 0.1) is 6.92 Å². The lowest BCUT2D eigenvalue weighted by molar-refractivity contribution is 0.176. The van der Waals surface area contributed by atoms with Crippen molar-refractivity contribution in [1.82, 2.24) is 24.7 Å². The molecule has 0 aliphatic carbocycles. The summed E-state index contributed by atoms with van der Waals surface area (Å²) in [7, 11) is 3.19. The molecule has 0 fully saturated rings. The van der Waals surface area contributed by atoms with Crippen molar-refractivity contribution in [2.75, 3.05) is 20.8 Å². The van der Waals surface area contributed by atoms with E-state index in [1.165, 1.54) is 0 Å². The first-order valence-electron chi connectivity index (χ1n) is 8.22. The zero-order chi connectivity index (χ0) is 18.5. The van der Waals surface area contributed by atoms with Gasteiger partial charge in [0.15, 0.2) is 11.6 Å². The van der Waals surface area contributed by atoms with Gasteiger partial charge in [0.2, 0.25) is 5.88 Å². The van der Waals surface area contributed by atoms with Crippen LogP contribution in [0.5, 0.6) is 11.6 Å². The maximum absolute atomic E-state index is 5.56. The molecule has 0 aromatic carbocycles. The molecule has 0 saturated carbocycles. The number of hydrogen-bond donors (Lipinski definition) is 0. The van der Waals surface area contributed by atoms with Crippen molar-refractivity contribution >= 4 is 0 Å². The molecule has 0 unspecified atom stereocenters. The highest BCUT2D eigenvalue weighted by atomic mass is 16.5. The molecule has 8 heteroatoms. The van der Waals surface area contributed by atoms with E-state index in [4.69, 9.17) is 14.2 Å². The molecule has 3 heterocycles. The fourth-order valence-electron chi connectivity index (χ4n) is 2.58. The molecule has 0 spiro atoms. The summed E-state index contributed by atoms with van der Waals surface area (Å²) in [5.74, 6) is 2.55. The van der Waals surface area contributed by atoms with Crippen LogP contribution in [0.2, 0.25) is 0 Å². The summed E-state index contributed by atoms with van der Waals surface area (Å²) in [4.78, 5) is 8.89. The molecule has 3 rings (SSSR count). The van der Waals surface area contributed by atoms with Crippen molar-refractivity contribution in [2.45, 2.75) is 20.5 Å². The second-order valence-corrected chi connectivity index (χ2v) is 5.48. The Labute approximate surface area is 151 Å². The Bertz CT molecular complexity index is 877. The van der Waals surface area contributed by atoms with E-state index in [-0.39, 0.29) is 0 Å². The molecule has 0 radical (unpaired) electrons. The van der Waals surface area contributed by atoms with E-state index in [0.29, 0.717) is 36.4 Å². The van der Waals surface area contributed by atoms with Gasteiger partial charge >= 0.3 is 0 Å². The van der Waals surface area contributed by atoms with Gasteiger partial charge in [-0.25, -0.2) is 9.97 Å². The minimum absolute atomic E-state index is 0.315. The third kappa shape index (κ3) is 3.50. The number of methoxy groups -OCH3 is 2. The zero-order valence-corrected chi connectivity index (χ0v) is 15.3. The van der Waals surface area contributed by atoms with Crippen LogP contribution in [-0.4, -0.2) is 45.6 Å². The van der Waals surface area contributed by atoms with Gasteiger partial charge in [-0.3, -0.25) is 4.57 Å². The Balaban J connectivity index is 2.08. The SMILES string of the molecule is CCOc1ccc(-c2nnc(COC)n2-c2ccc(OC)nc2)nc1C. The Morgan fingerprint density at radius 1 is 1.08 bits per heavy atom. The van der Waals surface area contributed by atoms with E-state index in [1.54, 1.807) is 26.5 Å². The van der Waals surface area contributed by atoms with Crippen LogP contribution in [-0.2, 0) is 11.3 Å². The minimum Gasteiger partial charge on any atom is -0.492 e. The second kappa shape index (κ2) is 7.92. The molecule has 0 aliphatic rings. The number of aryl methyl sites for hydroxylation is 1. The van der Waals surface area contributed by atoms with Crippen molar-refractivity contribution in [3.63, 3.8) is 0 Å². The molecule has 0 saturated heterocycles. The van der Waals surface area contributed by atoms with Gasteiger partial charge in [-0.15, -0.1) is 10.2 Å². The van der Waals surface area contributed by atoms with Crippen LogP contribution in [0.3, 0.4) is 0 Å². The van der Waals surface area contributed by atoms with E-state index < -0.39 is 0 Å². The second-order valence-electron chi connectivity index (χ2n) is 5.48. The fraction of sp³-hybridized carbons (Fsp3) is 0.333. The van der Waals surface area contributed by atoms with Crippen LogP contribution in [0.15, 0.2) is 30.5 Å². The molecule has 3 aromatic rings. The third-order valence-corrected chi connectivity index (χ3v) is 3.76. The Hall–Kier alpha value is -3.00. The normalized spacial score (nSPS) is 10.8. The number of rotatable bonds is 7. The summed E-state index contributed by atoms with van der Waals surface area (Å²) in [6, 6.07) is 7.43. The van der Waals surface area contributed by atoms with E-state index >= 15 is 0 Å². The molecule has 26 heavy (non-hydrogen) atoms. The molecule has 8 nitrogen and oxygen atoms in total. The number of nitrogens with zero attached hydrogens (tertiary/aromatic N) is 5. The number of ether oxygens (including phenoxy) is 3. The van der Waals surface area contributed by atoms with Gasteiger partial charge in [0.1, 0.15) is 18.1 Å². The van der Waals surface area contributed by atoms with Gasteiger partial charge < -0.3 is 14.2 Å². The van der Waals surface area contributed by atoms with E-state index in [9.17, 15) is 0 Å². The summed E-state index contributed by atoms with van der Waals surface area (Å²) in [6.45, 7) is 4.75. The number of pyridine rings is 2. The molecule has 0 atom stereocenters. The lowest BCUT2D eigenvalue weighted by Gasteiger charge is -2.11. The highest BCUT2D eigenvalue weighted by Crippen LogP contribution is 2.25. The monoisotopic (exact) mass is 355 g/mol. The number of aromatic nitrogens is 5. The average molecular weight is 355 g/mol. The largest absolute Gasteiger partial charge is 0.492 e. The maximum atomic E-state index is 5.56. The molecule has 0 aliphatic heterocycles. The first kappa shape index (κ1) is 17.8. The number of hydrogen-bond acceptors (Lipinski definition) is 7. The van der Waals surface area contributed by atoms with Gasteiger partial charge in [-0.05, 0) is 32.0 Å². The van der Waals surface area contributed by atoms with Crippen LogP contribution < -0.4 is 9.47 Å². The summed E-state index contributed by atoms with van der Waals surface area (Å²) >= 11 is 0. The topological polar surface area (TPSA) is 84.2 Å². The van der Waals surface area contributed by atoms with Gasteiger partial charge in [0.25, 0.3) is 0 Å². The Morgan fingerprint density at radius 3 is 2.54 bits per heavy atom. The van der Waals surface area contributed by atoms with Gasteiger partial charge in [0, 0.05) is 13.2 Å². The molecule has 0 amide bonds. The summed E-state index contributed by atoms with van der Waals surface area (Å²) in [6.07, 6.45) is 1.70. The average Bonchev–Trinajstić information content (AvgIpc) is 3.07. The summed E-state index contributed by atoms with van der Waals surface area (Å²) in [5, 5.41) is 8.56. The predicted molar refractivity (Wildman–Crippen MR) is 95.6 cm³/mol. The molecule has 0 N–H and O–H groups in total. The van der Waals surface area contributed by atoms with Crippen LogP contribution in [0.4, 0.5) is 0 Å². The first-order valence-corrected chi connectivity index (χ1v) is 8.22. The summed E-state index contributed by atoms with van der Waals surface area (Å²) in [5.41, 5.74) is 2.28. The quantitative estimate of drug-likeness (QED) is 0.644. The van der Waals surface area contributed by atoms with E-state index in [1.807, 2.05) is 36.6 Å². The molecule has 0 bridgehead atoms. The van der Waals surface area contributed by atoms with Gasteiger partial charge in [-0.2, -0.15) is 0 Å². The fourth-order valence-corrected chi connectivity index (χ4v) is 2.58. The van der Waals surface area contributed by atoms with Gasteiger partial charge in [-0.1, -0.05) is 0 Å². The van der Waals surface area contributed by atoms with Crippen LogP contribution in [0.1, 0.15) is 18.4 Å². The molecular formula is C18H21N5O3. The predicted octanol–water partition coefficient (Wildman–Crippen LogP) is 2.59. The molecular weight excluding hydrogens is 334 g/mol. The van der Waals surface area contributed by atoms with Crippen molar-refractivity contribution in [3.8, 4) is 28.8 Å². The van der Waals surface area contributed by atoms with Crippen molar-refractivity contribution in [2.24, 2.45) is 0 Å². The van der Waals surface area contributed by atoms with Crippen molar-refractivity contribution < 1.29 is 14.2 Å². The standard InChI is InChI=1S/C18H21N5O3/c1-5-26-15-8-7-14(20-12(15)2)18-22-21-16(11-24-3)23(18)13-6-9-17(25-4)19-10-13/h6-10H,5,11H2,1-4H3. The van der Waals surface area contributed by atoms with Crippen molar-refractivity contribution in [3.05, 3.63) is 42.0 Å². The minimum atomic E-state index is 0.315. The van der Waals surface area contributed by atoms with E-state index in [2.05, 4.69) is 20.2 Å². The molecule has 136 valence electrons. The summed E-state index contributed by atoms with van der Waals surface area (Å²) < 4.78 is 17.8. The van der Waals surface area contributed by atoms with E-state index in [0.717, 1.165) is 17.1 Å². The van der Waals surface area contributed by atoms with Crippen LogP contribution in [0.25, 0.3) is 17.2 Å². The van der Waals surface area contributed by atoms with Gasteiger partial charge in [0.05, 0.1) is 31.3 Å². The Morgan fingerprint density at radius 2 is 1.92 bits per heavy atom. The smallest absolute Gasteiger partial charge is 0.213 e. The molecule has 3 aromatic heterocycles. The Kier molecular flexibility index (Phi) is 5.43. The lowest BCUT2D eigenvalue weighted by Crippen LogP contribution is -2.06. The third-order valence-electron chi connectivity index (χ3n) is 3.76. The highest BCUT2D eigenvalue weighted by Gasteiger charge is 2.18. The van der Waals surface area contributed by atoms with Crippen LogP contribution >= 0.6 is 0 Å². The van der Waals surface area contributed by atoms with Crippen molar-refractivity contribution in [1.29, 1.82) is 0 Å². The maximum Gasteiger partial charge on any atom is 0.213 e. The zero-order valence-electron chi connectivity index (χ0n) is 15.3.